The molecule has 0 spiro atoms. The van der Waals surface area contributed by atoms with Crippen LogP contribution in [0.3, 0.4) is 0 Å². The number of hydrogen-bond donors (Lipinski definition) is 1. The highest BCUT2D eigenvalue weighted by molar-refractivity contribution is 5.41. The monoisotopic (exact) mass is 273 g/mol. The van der Waals surface area contributed by atoms with Crippen LogP contribution >= 0.6 is 0 Å². The van der Waals surface area contributed by atoms with Gasteiger partial charge in [0.25, 0.3) is 0 Å². The van der Waals surface area contributed by atoms with Gasteiger partial charge in [-0.15, -0.1) is 0 Å². The summed E-state index contributed by atoms with van der Waals surface area (Å²) < 4.78 is 5.62. The number of hydrogen-bond acceptors (Lipinski definition) is 2. The third kappa shape index (κ3) is 3.01. The first kappa shape index (κ1) is 13.9. The summed E-state index contributed by atoms with van der Waals surface area (Å²) >= 11 is 0. The van der Waals surface area contributed by atoms with Crippen LogP contribution < -0.4 is 10.1 Å². The lowest BCUT2D eigenvalue weighted by molar-refractivity contribution is 0.355. The Morgan fingerprint density at radius 3 is 2.90 bits per heavy atom. The van der Waals surface area contributed by atoms with Crippen LogP contribution in [-0.2, 0) is 6.42 Å². The van der Waals surface area contributed by atoms with Crippen molar-refractivity contribution in [3.8, 4) is 5.75 Å². The molecule has 1 aliphatic heterocycles. The minimum absolute atomic E-state index is 0.221. The predicted octanol–water partition coefficient (Wildman–Crippen LogP) is 3.89. The van der Waals surface area contributed by atoms with Crippen molar-refractivity contribution in [3.05, 3.63) is 29.3 Å². The molecule has 2 heteroatoms. The summed E-state index contributed by atoms with van der Waals surface area (Å²) in [6.07, 6.45) is 5.16. The molecule has 20 heavy (non-hydrogen) atoms. The average Bonchev–Trinajstić information content (AvgIpc) is 3.03. The van der Waals surface area contributed by atoms with E-state index in [1.54, 1.807) is 0 Å². The van der Waals surface area contributed by atoms with E-state index in [1.165, 1.54) is 30.4 Å². The number of rotatable bonds is 3. The zero-order chi connectivity index (χ0) is 14.2. The first-order valence-corrected chi connectivity index (χ1v) is 8.03. The van der Waals surface area contributed by atoms with Crippen LogP contribution in [0.1, 0.15) is 57.1 Å². The Hall–Kier alpha value is -1.02. The van der Waals surface area contributed by atoms with Gasteiger partial charge in [0.15, 0.2) is 0 Å². The Labute approximate surface area is 122 Å². The fourth-order valence-electron chi connectivity index (χ4n) is 3.59. The molecule has 0 radical (unpaired) electrons. The number of ether oxygens (including phenoxy) is 1. The Kier molecular flexibility index (Phi) is 3.76. The van der Waals surface area contributed by atoms with Gasteiger partial charge in [-0.05, 0) is 69.2 Å². The van der Waals surface area contributed by atoms with E-state index in [4.69, 9.17) is 4.74 Å². The van der Waals surface area contributed by atoms with E-state index >= 15 is 0 Å². The van der Waals surface area contributed by atoms with Crippen molar-refractivity contribution < 1.29 is 4.74 Å². The van der Waals surface area contributed by atoms with E-state index in [0.29, 0.717) is 0 Å². The standard InChI is InChI=1S/C18H27NO/c1-18(2,3)19-12-15-5-4-6-16(15)13-7-8-17-14(11-13)9-10-20-17/h7-8,11,15-16,19H,4-6,9-10,12H2,1-3H3. The molecule has 0 amide bonds. The smallest absolute Gasteiger partial charge is 0.122 e. The molecular formula is C18H27NO. The maximum Gasteiger partial charge on any atom is 0.122 e. The van der Waals surface area contributed by atoms with Crippen molar-refractivity contribution in [1.82, 2.24) is 5.32 Å². The summed E-state index contributed by atoms with van der Waals surface area (Å²) in [5.41, 5.74) is 3.17. The number of fused-ring (bicyclic) bond motifs is 1. The molecule has 0 aromatic heterocycles. The molecule has 110 valence electrons. The molecule has 1 saturated carbocycles. The zero-order valence-corrected chi connectivity index (χ0v) is 13.0. The van der Waals surface area contributed by atoms with Crippen LogP contribution in [-0.4, -0.2) is 18.7 Å². The Bertz CT molecular complexity index is 475. The van der Waals surface area contributed by atoms with E-state index in [-0.39, 0.29) is 5.54 Å². The van der Waals surface area contributed by atoms with Crippen molar-refractivity contribution in [2.24, 2.45) is 5.92 Å². The highest BCUT2D eigenvalue weighted by Crippen LogP contribution is 2.41. The van der Waals surface area contributed by atoms with Crippen LogP contribution in [0.4, 0.5) is 0 Å². The van der Waals surface area contributed by atoms with Gasteiger partial charge in [0.2, 0.25) is 0 Å². The van der Waals surface area contributed by atoms with Crippen molar-refractivity contribution in [2.75, 3.05) is 13.2 Å². The van der Waals surface area contributed by atoms with Crippen LogP contribution in [0.5, 0.6) is 5.75 Å². The first-order chi connectivity index (χ1) is 9.53. The lowest BCUT2D eigenvalue weighted by Gasteiger charge is -2.27. The van der Waals surface area contributed by atoms with E-state index < -0.39 is 0 Å². The van der Waals surface area contributed by atoms with Crippen LogP contribution in [0.15, 0.2) is 18.2 Å². The first-order valence-electron chi connectivity index (χ1n) is 8.03. The highest BCUT2D eigenvalue weighted by Gasteiger charge is 2.30. The molecule has 2 atom stereocenters. The minimum Gasteiger partial charge on any atom is -0.493 e. The SMILES string of the molecule is CC(C)(C)NCC1CCCC1c1ccc2c(c1)CCO2. The van der Waals surface area contributed by atoms with Gasteiger partial charge >= 0.3 is 0 Å². The molecule has 2 nitrogen and oxygen atoms in total. The molecule has 1 N–H and O–H groups in total. The summed E-state index contributed by atoms with van der Waals surface area (Å²) in [7, 11) is 0. The fourth-order valence-corrected chi connectivity index (χ4v) is 3.59. The molecule has 0 saturated heterocycles. The molecule has 2 aliphatic rings. The van der Waals surface area contributed by atoms with Crippen LogP contribution in [0.2, 0.25) is 0 Å². The van der Waals surface area contributed by atoms with E-state index in [1.807, 2.05) is 0 Å². The molecule has 1 aromatic rings. The molecule has 1 aliphatic carbocycles. The Morgan fingerprint density at radius 1 is 1.25 bits per heavy atom. The van der Waals surface area contributed by atoms with E-state index in [9.17, 15) is 0 Å². The number of nitrogens with one attached hydrogen (secondary N) is 1. The van der Waals surface area contributed by atoms with Crippen molar-refractivity contribution in [2.45, 2.75) is 57.9 Å². The van der Waals surface area contributed by atoms with Crippen LogP contribution in [0.25, 0.3) is 0 Å². The normalized spacial score (nSPS) is 25.6. The number of benzene rings is 1. The van der Waals surface area contributed by atoms with Gasteiger partial charge in [-0.25, -0.2) is 0 Å². The van der Waals surface area contributed by atoms with E-state index in [0.717, 1.165) is 37.2 Å². The second-order valence-corrected chi connectivity index (χ2v) is 7.39. The Balaban J connectivity index is 1.72. The molecule has 1 fully saturated rings. The van der Waals surface area contributed by atoms with Gasteiger partial charge in [0.1, 0.15) is 5.75 Å². The lowest BCUT2D eigenvalue weighted by atomic mass is 9.87. The molecule has 1 heterocycles. The Morgan fingerprint density at radius 2 is 2.10 bits per heavy atom. The summed E-state index contributed by atoms with van der Waals surface area (Å²) in [5.74, 6) is 2.63. The van der Waals surface area contributed by atoms with Gasteiger partial charge in [0.05, 0.1) is 6.61 Å². The van der Waals surface area contributed by atoms with Crippen molar-refractivity contribution in [3.63, 3.8) is 0 Å². The second-order valence-electron chi connectivity index (χ2n) is 7.39. The third-order valence-corrected chi connectivity index (χ3v) is 4.70. The molecular weight excluding hydrogens is 246 g/mol. The van der Waals surface area contributed by atoms with Gasteiger partial charge in [-0.3, -0.25) is 0 Å². The second kappa shape index (κ2) is 5.40. The summed E-state index contributed by atoms with van der Waals surface area (Å²) in [5, 5.41) is 3.69. The van der Waals surface area contributed by atoms with Gasteiger partial charge in [-0.2, -0.15) is 0 Å². The summed E-state index contributed by atoms with van der Waals surface area (Å²) in [6.45, 7) is 8.76. The average molecular weight is 273 g/mol. The quantitative estimate of drug-likeness (QED) is 0.902. The maximum atomic E-state index is 5.62. The van der Waals surface area contributed by atoms with Gasteiger partial charge in [0, 0.05) is 12.0 Å². The largest absolute Gasteiger partial charge is 0.493 e. The topological polar surface area (TPSA) is 21.3 Å². The van der Waals surface area contributed by atoms with Gasteiger partial charge < -0.3 is 10.1 Å². The molecule has 1 aromatic carbocycles. The van der Waals surface area contributed by atoms with Gasteiger partial charge in [-0.1, -0.05) is 18.6 Å². The summed E-state index contributed by atoms with van der Waals surface area (Å²) in [6, 6.07) is 6.89. The van der Waals surface area contributed by atoms with Crippen LogP contribution in [0, 0.1) is 5.92 Å². The van der Waals surface area contributed by atoms with E-state index in [2.05, 4.69) is 44.3 Å². The predicted molar refractivity (Wildman–Crippen MR) is 83.5 cm³/mol. The summed E-state index contributed by atoms with van der Waals surface area (Å²) in [4.78, 5) is 0. The minimum atomic E-state index is 0.221. The fraction of sp³-hybridized carbons (Fsp3) is 0.667. The third-order valence-electron chi connectivity index (χ3n) is 4.70. The lowest BCUT2D eigenvalue weighted by Crippen LogP contribution is -2.39. The highest BCUT2D eigenvalue weighted by atomic mass is 16.5. The molecule has 0 bridgehead atoms. The zero-order valence-electron chi connectivity index (χ0n) is 13.0. The van der Waals surface area contributed by atoms with Crippen molar-refractivity contribution >= 4 is 0 Å². The van der Waals surface area contributed by atoms with Crippen molar-refractivity contribution in [1.29, 1.82) is 0 Å². The molecule has 2 unspecified atom stereocenters. The maximum absolute atomic E-state index is 5.62. The molecule has 3 rings (SSSR count).